The second-order valence-electron chi connectivity index (χ2n) is 6.07. The van der Waals surface area contributed by atoms with Crippen LogP contribution in [0.2, 0.25) is 0 Å². The van der Waals surface area contributed by atoms with Crippen LogP contribution in [0.15, 0.2) is 30.5 Å². The Bertz CT molecular complexity index is 632. The number of nitrogens with one attached hydrogen (secondary N) is 1. The third kappa shape index (κ3) is 3.72. The third-order valence-electron chi connectivity index (χ3n) is 4.54. The van der Waals surface area contributed by atoms with Crippen molar-refractivity contribution in [2.75, 3.05) is 18.6 Å². The fraction of sp³-hybridized carbons (Fsp3) is 0.500. The first-order valence-corrected chi connectivity index (χ1v) is 9.37. The van der Waals surface area contributed by atoms with Crippen molar-refractivity contribution in [3.05, 3.63) is 41.7 Å². The van der Waals surface area contributed by atoms with Crippen LogP contribution in [0.5, 0.6) is 5.75 Å². The molecule has 1 saturated heterocycles. The van der Waals surface area contributed by atoms with Crippen LogP contribution in [0.1, 0.15) is 37.1 Å². The number of methoxy groups -OCH3 is 1. The van der Waals surface area contributed by atoms with E-state index in [9.17, 15) is 0 Å². The average Bonchev–Trinajstić information content (AvgIpc) is 2.97. The molecule has 0 aliphatic carbocycles. The first kappa shape index (κ1) is 16.4. The summed E-state index contributed by atoms with van der Waals surface area (Å²) in [5.41, 5.74) is 3.54. The maximum absolute atomic E-state index is 5.22. The number of nitrogens with zero attached hydrogens (tertiary/aromatic N) is 2. The predicted octanol–water partition coefficient (Wildman–Crippen LogP) is 3.74. The van der Waals surface area contributed by atoms with E-state index in [4.69, 9.17) is 4.74 Å². The van der Waals surface area contributed by atoms with Crippen molar-refractivity contribution >= 4 is 11.8 Å². The van der Waals surface area contributed by atoms with Gasteiger partial charge in [-0.2, -0.15) is 16.9 Å². The van der Waals surface area contributed by atoms with Gasteiger partial charge in [0, 0.05) is 23.3 Å². The molecule has 0 bridgehead atoms. The first-order chi connectivity index (χ1) is 11.2. The molecule has 1 aliphatic heterocycles. The number of ether oxygens (including phenoxy) is 1. The summed E-state index contributed by atoms with van der Waals surface area (Å²) in [6, 6.07) is 8.98. The highest BCUT2D eigenvalue weighted by Gasteiger charge is 2.19. The molecular formula is C18H25N3OS. The van der Waals surface area contributed by atoms with E-state index in [-0.39, 0.29) is 0 Å². The lowest BCUT2D eigenvalue weighted by Crippen LogP contribution is -2.34. The van der Waals surface area contributed by atoms with E-state index in [1.54, 1.807) is 7.11 Å². The lowest BCUT2D eigenvalue weighted by Gasteiger charge is -2.26. The van der Waals surface area contributed by atoms with Crippen LogP contribution in [-0.4, -0.2) is 34.4 Å². The van der Waals surface area contributed by atoms with Gasteiger partial charge in [-0.05, 0) is 62.5 Å². The Kier molecular flexibility index (Phi) is 5.28. The molecule has 3 rings (SSSR count). The molecule has 1 atom stereocenters. The number of hydrogen-bond donors (Lipinski definition) is 1. The summed E-state index contributed by atoms with van der Waals surface area (Å²) in [6.45, 7) is 4.38. The Morgan fingerprint density at radius 1 is 1.26 bits per heavy atom. The summed E-state index contributed by atoms with van der Waals surface area (Å²) in [5.74, 6) is 3.41. The van der Waals surface area contributed by atoms with Crippen molar-refractivity contribution in [3.8, 4) is 11.4 Å². The van der Waals surface area contributed by atoms with E-state index in [0.717, 1.165) is 11.4 Å². The lowest BCUT2D eigenvalue weighted by atomic mass is 10.1. The Balaban J connectivity index is 1.74. The zero-order valence-electron chi connectivity index (χ0n) is 14.1. The van der Waals surface area contributed by atoms with Gasteiger partial charge in [-0.3, -0.25) is 0 Å². The van der Waals surface area contributed by atoms with Gasteiger partial charge >= 0.3 is 0 Å². The SMILES string of the molecule is COc1ccc(-n2ncc([C@H](C)NC3CCSCC3)c2C)cc1. The van der Waals surface area contributed by atoms with Crippen molar-refractivity contribution in [1.82, 2.24) is 15.1 Å². The van der Waals surface area contributed by atoms with Crippen LogP contribution in [-0.2, 0) is 0 Å². The van der Waals surface area contributed by atoms with Gasteiger partial charge < -0.3 is 10.1 Å². The zero-order chi connectivity index (χ0) is 16.2. The molecule has 0 unspecified atom stereocenters. The molecule has 0 spiro atoms. The molecule has 23 heavy (non-hydrogen) atoms. The van der Waals surface area contributed by atoms with E-state index in [0.29, 0.717) is 12.1 Å². The summed E-state index contributed by atoms with van der Waals surface area (Å²) in [4.78, 5) is 0. The minimum atomic E-state index is 0.329. The minimum absolute atomic E-state index is 0.329. The van der Waals surface area contributed by atoms with Crippen LogP contribution in [0.4, 0.5) is 0 Å². The molecule has 1 N–H and O–H groups in total. The average molecular weight is 331 g/mol. The molecular weight excluding hydrogens is 306 g/mol. The van der Waals surface area contributed by atoms with Gasteiger partial charge in [-0.25, -0.2) is 4.68 Å². The maximum Gasteiger partial charge on any atom is 0.119 e. The molecule has 4 nitrogen and oxygen atoms in total. The smallest absolute Gasteiger partial charge is 0.119 e. The number of thioether (sulfide) groups is 1. The van der Waals surface area contributed by atoms with Crippen LogP contribution >= 0.6 is 11.8 Å². The van der Waals surface area contributed by atoms with E-state index in [1.165, 1.54) is 35.6 Å². The number of aromatic nitrogens is 2. The van der Waals surface area contributed by atoms with Crippen molar-refractivity contribution in [2.45, 2.75) is 38.8 Å². The number of rotatable bonds is 5. The minimum Gasteiger partial charge on any atom is -0.497 e. The van der Waals surface area contributed by atoms with Crippen molar-refractivity contribution in [1.29, 1.82) is 0 Å². The van der Waals surface area contributed by atoms with E-state index >= 15 is 0 Å². The van der Waals surface area contributed by atoms with Gasteiger partial charge in [0.25, 0.3) is 0 Å². The second-order valence-corrected chi connectivity index (χ2v) is 7.29. The second kappa shape index (κ2) is 7.41. The fourth-order valence-electron chi connectivity index (χ4n) is 3.14. The summed E-state index contributed by atoms with van der Waals surface area (Å²) >= 11 is 2.06. The Morgan fingerprint density at radius 2 is 1.96 bits per heavy atom. The predicted molar refractivity (Wildman–Crippen MR) is 96.8 cm³/mol. The molecule has 0 amide bonds. The lowest BCUT2D eigenvalue weighted by molar-refractivity contribution is 0.414. The van der Waals surface area contributed by atoms with E-state index in [1.807, 2.05) is 35.1 Å². The van der Waals surface area contributed by atoms with Crippen LogP contribution in [0, 0.1) is 6.92 Å². The fourth-order valence-corrected chi connectivity index (χ4v) is 4.25. The van der Waals surface area contributed by atoms with Crippen molar-refractivity contribution in [2.24, 2.45) is 0 Å². The molecule has 0 saturated carbocycles. The zero-order valence-corrected chi connectivity index (χ0v) is 14.9. The Morgan fingerprint density at radius 3 is 2.61 bits per heavy atom. The molecule has 1 aromatic carbocycles. The molecule has 1 fully saturated rings. The largest absolute Gasteiger partial charge is 0.497 e. The molecule has 0 radical (unpaired) electrons. The Hall–Kier alpha value is -1.46. The van der Waals surface area contributed by atoms with Crippen molar-refractivity contribution < 1.29 is 4.74 Å². The van der Waals surface area contributed by atoms with Gasteiger partial charge in [0.05, 0.1) is 19.0 Å². The Labute approximate surface area is 142 Å². The van der Waals surface area contributed by atoms with Gasteiger partial charge in [0.1, 0.15) is 5.75 Å². The highest BCUT2D eigenvalue weighted by atomic mass is 32.2. The highest BCUT2D eigenvalue weighted by Crippen LogP contribution is 2.24. The molecule has 1 aromatic heterocycles. The molecule has 2 heterocycles. The van der Waals surface area contributed by atoms with Gasteiger partial charge in [0.2, 0.25) is 0 Å². The van der Waals surface area contributed by atoms with Crippen molar-refractivity contribution in [3.63, 3.8) is 0 Å². The molecule has 2 aromatic rings. The normalized spacial score (nSPS) is 17.2. The van der Waals surface area contributed by atoms with Gasteiger partial charge in [0.15, 0.2) is 0 Å². The molecule has 1 aliphatic rings. The van der Waals surface area contributed by atoms with Gasteiger partial charge in [-0.1, -0.05) is 0 Å². The molecule has 5 heteroatoms. The third-order valence-corrected chi connectivity index (χ3v) is 5.59. The van der Waals surface area contributed by atoms with Crippen LogP contribution < -0.4 is 10.1 Å². The molecule has 124 valence electrons. The maximum atomic E-state index is 5.22. The number of benzene rings is 1. The first-order valence-electron chi connectivity index (χ1n) is 8.22. The summed E-state index contributed by atoms with van der Waals surface area (Å²) < 4.78 is 7.23. The summed E-state index contributed by atoms with van der Waals surface area (Å²) in [6.07, 6.45) is 4.52. The van der Waals surface area contributed by atoms with Crippen LogP contribution in [0.3, 0.4) is 0 Å². The number of hydrogen-bond acceptors (Lipinski definition) is 4. The van der Waals surface area contributed by atoms with Crippen LogP contribution in [0.25, 0.3) is 5.69 Å². The quantitative estimate of drug-likeness (QED) is 0.906. The van der Waals surface area contributed by atoms with E-state index < -0.39 is 0 Å². The monoisotopic (exact) mass is 331 g/mol. The highest BCUT2D eigenvalue weighted by molar-refractivity contribution is 7.99. The summed E-state index contributed by atoms with van der Waals surface area (Å²) in [5, 5.41) is 8.36. The summed E-state index contributed by atoms with van der Waals surface area (Å²) in [7, 11) is 1.68. The van der Waals surface area contributed by atoms with Gasteiger partial charge in [-0.15, -0.1) is 0 Å². The topological polar surface area (TPSA) is 39.1 Å². The van der Waals surface area contributed by atoms with E-state index in [2.05, 4.69) is 36.0 Å². The standard InChI is InChI=1S/C18H25N3OS/c1-13(20-15-8-10-23-11-9-15)18-12-19-21(14(18)2)16-4-6-17(22-3)7-5-16/h4-7,12-13,15,20H,8-11H2,1-3H3/t13-/m0/s1.